The molecule has 0 amide bonds. The minimum atomic E-state index is 0.549. The Morgan fingerprint density at radius 1 is 1.41 bits per heavy atom. The lowest BCUT2D eigenvalue weighted by Crippen LogP contribution is -2.26. The molecule has 17 heavy (non-hydrogen) atoms. The van der Waals surface area contributed by atoms with Crippen molar-refractivity contribution in [2.24, 2.45) is 5.92 Å². The van der Waals surface area contributed by atoms with E-state index in [2.05, 4.69) is 12.2 Å². The number of hydrogen-bond acceptors (Lipinski definition) is 3. The molecule has 0 aromatic heterocycles. The summed E-state index contributed by atoms with van der Waals surface area (Å²) in [4.78, 5) is 0. The average molecular weight is 243 g/mol. The van der Waals surface area contributed by atoms with Crippen molar-refractivity contribution in [1.82, 2.24) is 5.32 Å². The van der Waals surface area contributed by atoms with E-state index in [0.29, 0.717) is 6.10 Å². The van der Waals surface area contributed by atoms with E-state index >= 15 is 0 Å². The SMILES string of the molecule is CCCC(CCC1CCCO1)CNCCOC. The zero-order valence-electron chi connectivity index (χ0n) is 11.5. The van der Waals surface area contributed by atoms with Crippen LogP contribution in [0.3, 0.4) is 0 Å². The molecule has 1 heterocycles. The Bertz CT molecular complexity index is 170. The van der Waals surface area contributed by atoms with Gasteiger partial charge in [-0.2, -0.15) is 0 Å². The van der Waals surface area contributed by atoms with Crippen molar-refractivity contribution in [3.8, 4) is 0 Å². The van der Waals surface area contributed by atoms with E-state index in [1.165, 1.54) is 38.5 Å². The summed E-state index contributed by atoms with van der Waals surface area (Å²) < 4.78 is 10.7. The number of nitrogens with one attached hydrogen (secondary N) is 1. The van der Waals surface area contributed by atoms with E-state index in [9.17, 15) is 0 Å². The molecule has 0 aliphatic carbocycles. The van der Waals surface area contributed by atoms with E-state index in [1.807, 2.05) is 0 Å². The molecule has 3 heteroatoms. The van der Waals surface area contributed by atoms with Gasteiger partial charge in [-0.25, -0.2) is 0 Å². The first-order chi connectivity index (χ1) is 8.36. The minimum absolute atomic E-state index is 0.549. The van der Waals surface area contributed by atoms with Crippen LogP contribution in [0.2, 0.25) is 0 Å². The second-order valence-electron chi connectivity index (χ2n) is 5.06. The number of methoxy groups -OCH3 is 1. The van der Waals surface area contributed by atoms with Gasteiger partial charge in [0.25, 0.3) is 0 Å². The molecule has 1 saturated heterocycles. The normalized spacial score (nSPS) is 21.9. The van der Waals surface area contributed by atoms with Gasteiger partial charge in [0.15, 0.2) is 0 Å². The van der Waals surface area contributed by atoms with Crippen LogP contribution in [0, 0.1) is 5.92 Å². The van der Waals surface area contributed by atoms with Gasteiger partial charge in [0, 0.05) is 20.3 Å². The molecular formula is C14H29NO2. The van der Waals surface area contributed by atoms with Gasteiger partial charge in [0.05, 0.1) is 12.7 Å². The standard InChI is InChI=1S/C14H29NO2/c1-3-5-13(12-15-9-11-16-2)7-8-14-6-4-10-17-14/h13-15H,3-12H2,1-2H3. The third-order valence-electron chi connectivity index (χ3n) is 3.53. The molecule has 102 valence electrons. The number of rotatable bonds is 10. The highest BCUT2D eigenvalue weighted by Crippen LogP contribution is 2.21. The van der Waals surface area contributed by atoms with Crippen molar-refractivity contribution in [1.29, 1.82) is 0 Å². The van der Waals surface area contributed by atoms with Crippen molar-refractivity contribution in [2.45, 2.75) is 51.6 Å². The molecule has 0 aromatic carbocycles. The van der Waals surface area contributed by atoms with Gasteiger partial charge in [-0.15, -0.1) is 0 Å². The van der Waals surface area contributed by atoms with E-state index < -0.39 is 0 Å². The molecule has 2 unspecified atom stereocenters. The maximum absolute atomic E-state index is 5.68. The van der Waals surface area contributed by atoms with Gasteiger partial charge in [0.1, 0.15) is 0 Å². The van der Waals surface area contributed by atoms with E-state index in [4.69, 9.17) is 9.47 Å². The minimum Gasteiger partial charge on any atom is -0.383 e. The maximum atomic E-state index is 5.68. The van der Waals surface area contributed by atoms with Gasteiger partial charge >= 0.3 is 0 Å². The van der Waals surface area contributed by atoms with Crippen LogP contribution in [-0.4, -0.2) is 39.5 Å². The molecule has 1 fully saturated rings. The first-order valence-electron chi connectivity index (χ1n) is 7.18. The van der Waals surface area contributed by atoms with Crippen LogP contribution in [0.1, 0.15) is 45.4 Å². The predicted molar refractivity (Wildman–Crippen MR) is 71.4 cm³/mol. The zero-order valence-corrected chi connectivity index (χ0v) is 11.5. The number of hydrogen-bond donors (Lipinski definition) is 1. The van der Waals surface area contributed by atoms with E-state index in [1.54, 1.807) is 7.11 Å². The molecule has 0 radical (unpaired) electrons. The van der Waals surface area contributed by atoms with Crippen LogP contribution in [0.25, 0.3) is 0 Å². The lowest BCUT2D eigenvalue weighted by atomic mass is 9.95. The second-order valence-corrected chi connectivity index (χ2v) is 5.06. The first kappa shape index (κ1) is 14.9. The van der Waals surface area contributed by atoms with Gasteiger partial charge in [0.2, 0.25) is 0 Å². The Kier molecular flexibility index (Phi) is 8.67. The molecular weight excluding hydrogens is 214 g/mol. The van der Waals surface area contributed by atoms with Gasteiger partial charge in [-0.3, -0.25) is 0 Å². The Labute approximate surface area is 106 Å². The smallest absolute Gasteiger partial charge is 0.0587 e. The topological polar surface area (TPSA) is 30.5 Å². The van der Waals surface area contributed by atoms with Crippen LogP contribution in [-0.2, 0) is 9.47 Å². The summed E-state index contributed by atoms with van der Waals surface area (Å²) in [7, 11) is 1.75. The van der Waals surface area contributed by atoms with Gasteiger partial charge in [-0.1, -0.05) is 13.3 Å². The summed E-state index contributed by atoms with van der Waals surface area (Å²) in [5.41, 5.74) is 0. The maximum Gasteiger partial charge on any atom is 0.0587 e. The third-order valence-corrected chi connectivity index (χ3v) is 3.53. The average Bonchev–Trinajstić information content (AvgIpc) is 2.84. The Balaban J connectivity index is 2.08. The van der Waals surface area contributed by atoms with Crippen LogP contribution < -0.4 is 5.32 Å². The second kappa shape index (κ2) is 9.86. The largest absolute Gasteiger partial charge is 0.383 e. The van der Waals surface area contributed by atoms with E-state index in [-0.39, 0.29) is 0 Å². The van der Waals surface area contributed by atoms with Crippen LogP contribution >= 0.6 is 0 Å². The summed E-state index contributed by atoms with van der Waals surface area (Å²) >= 11 is 0. The van der Waals surface area contributed by atoms with Crippen LogP contribution in [0.15, 0.2) is 0 Å². The summed E-state index contributed by atoms with van der Waals surface area (Å²) in [6, 6.07) is 0. The molecule has 1 aliphatic heterocycles. The van der Waals surface area contributed by atoms with Gasteiger partial charge < -0.3 is 14.8 Å². The van der Waals surface area contributed by atoms with Crippen molar-refractivity contribution in [3.63, 3.8) is 0 Å². The lowest BCUT2D eigenvalue weighted by molar-refractivity contribution is 0.0973. The Morgan fingerprint density at radius 3 is 2.94 bits per heavy atom. The van der Waals surface area contributed by atoms with Crippen molar-refractivity contribution in [2.75, 3.05) is 33.4 Å². The third kappa shape index (κ3) is 7.02. The summed E-state index contributed by atoms with van der Waals surface area (Å²) in [6.45, 7) is 6.16. The van der Waals surface area contributed by atoms with Crippen LogP contribution in [0.5, 0.6) is 0 Å². The fraction of sp³-hybridized carbons (Fsp3) is 1.00. The lowest BCUT2D eigenvalue weighted by Gasteiger charge is -2.18. The molecule has 0 bridgehead atoms. The van der Waals surface area contributed by atoms with Gasteiger partial charge in [-0.05, 0) is 44.6 Å². The highest BCUT2D eigenvalue weighted by Gasteiger charge is 2.17. The fourth-order valence-electron chi connectivity index (χ4n) is 2.53. The zero-order chi connectivity index (χ0) is 12.3. The summed E-state index contributed by atoms with van der Waals surface area (Å²) in [5, 5.41) is 3.48. The number of ether oxygens (including phenoxy) is 2. The van der Waals surface area contributed by atoms with Crippen molar-refractivity contribution in [3.05, 3.63) is 0 Å². The predicted octanol–water partition coefficient (Wildman–Crippen LogP) is 2.60. The molecule has 0 saturated carbocycles. The summed E-state index contributed by atoms with van der Waals surface area (Å²) in [6.07, 6.45) is 8.24. The highest BCUT2D eigenvalue weighted by molar-refractivity contribution is 4.69. The van der Waals surface area contributed by atoms with Crippen molar-refractivity contribution >= 4 is 0 Å². The molecule has 1 rings (SSSR count). The fourth-order valence-corrected chi connectivity index (χ4v) is 2.53. The van der Waals surface area contributed by atoms with Crippen molar-refractivity contribution < 1.29 is 9.47 Å². The Hall–Kier alpha value is -0.120. The Morgan fingerprint density at radius 2 is 2.29 bits per heavy atom. The quantitative estimate of drug-likeness (QED) is 0.598. The summed E-state index contributed by atoms with van der Waals surface area (Å²) in [5.74, 6) is 0.807. The molecule has 1 N–H and O–H groups in total. The molecule has 1 aliphatic rings. The molecule has 2 atom stereocenters. The first-order valence-corrected chi connectivity index (χ1v) is 7.18. The van der Waals surface area contributed by atoms with Crippen LogP contribution in [0.4, 0.5) is 0 Å². The molecule has 3 nitrogen and oxygen atoms in total. The molecule has 0 aromatic rings. The highest BCUT2D eigenvalue weighted by atomic mass is 16.5. The molecule has 0 spiro atoms. The van der Waals surface area contributed by atoms with E-state index in [0.717, 1.165) is 32.2 Å². The monoisotopic (exact) mass is 243 g/mol.